The fourth-order valence-corrected chi connectivity index (χ4v) is 4.20. The Labute approximate surface area is 179 Å². The van der Waals surface area contributed by atoms with Crippen molar-refractivity contribution >= 4 is 28.5 Å². The van der Waals surface area contributed by atoms with Gasteiger partial charge in [0.15, 0.2) is 0 Å². The summed E-state index contributed by atoms with van der Waals surface area (Å²) in [5.41, 5.74) is 3.94. The van der Waals surface area contributed by atoms with Crippen LogP contribution < -0.4 is 14.3 Å². The van der Waals surface area contributed by atoms with Gasteiger partial charge in [-0.3, -0.25) is 4.99 Å². The molecule has 4 rings (SSSR count). The largest absolute Gasteiger partial charge is 0.497 e. The molecular formula is C23H24N4O2S. The monoisotopic (exact) mass is 420 g/mol. The van der Waals surface area contributed by atoms with Crippen molar-refractivity contribution in [1.29, 1.82) is 0 Å². The summed E-state index contributed by atoms with van der Waals surface area (Å²) in [7, 11) is 3.30. The van der Waals surface area contributed by atoms with Gasteiger partial charge in [-0.2, -0.15) is 5.10 Å². The highest BCUT2D eigenvalue weighted by Crippen LogP contribution is 2.33. The van der Waals surface area contributed by atoms with Crippen molar-refractivity contribution < 1.29 is 9.47 Å². The Morgan fingerprint density at radius 2 is 1.93 bits per heavy atom. The molecule has 2 heterocycles. The molecule has 0 amide bonds. The summed E-state index contributed by atoms with van der Waals surface area (Å²) in [6.07, 6.45) is 3.83. The second-order valence-corrected chi connectivity index (χ2v) is 7.88. The summed E-state index contributed by atoms with van der Waals surface area (Å²) in [5, 5.41) is 7.99. The Morgan fingerprint density at radius 3 is 2.70 bits per heavy atom. The lowest BCUT2D eigenvalue weighted by Gasteiger charge is -2.11. The number of hydrogen-bond acceptors (Lipinski definition) is 5. The summed E-state index contributed by atoms with van der Waals surface area (Å²) >= 11 is 1.56. The molecule has 2 aromatic heterocycles. The number of nitrogens with one attached hydrogen (secondary N) is 1. The molecule has 0 saturated heterocycles. The number of rotatable bonds is 6. The number of benzene rings is 2. The van der Waals surface area contributed by atoms with Crippen LogP contribution in [0.2, 0.25) is 0 Å². The van der Waals surface area contributed by atoms with Gasteiger partial charge in [0.1, 0.15) is 11.5 Å². The molecule has 0 aliphatic heterocycles. The molecule has 0 saturated carbocycles. The zero-order chi connectivity index (χ0) is 21.1. The van der Waals surface area contributed by atoms with Gasteiger partial charge in [-0.05, 0) is 32.0 Å². The number of hydrogen-bond donors (Lipinski definition) is 1. The van der Waals surface area contributed by atoms with E-state index in [4.69, 9.17) is 19.6 Å². The third kappa shape index (κ3) is 3.89. The number of fused-ring (bicyclic) bond motifs is 1. The number of thiazole rings is 1. The van der Waals surface area contributed by atoms with E-state index in [1.165, 1.54) is 0 Å². The van der Waals surface area contributed by atoms with Gasteiger partial charge >= 0.3 is 0 Å². The van der Waals surface area contributed by atoms with Crippen LogP contribution in [-0.2, 0) is 0 Å². The van der Waals surface area contributed by atoms with Crippen LogP contribution >= 0.6 is 11.3 Å². The van der Waals surface area contributed by atoms with Gasteiger partial charge in [0, 0.05) is 45.7 Å². The summed E-state index contributed by atoms with van der Waals surface area (Å²) in [6, 6.07) is 14.1. The van der Waals surface area contributed by atoms with Gasteiger partial charge in [0.25, 0.3) is 0 Å². The van der Waals surface area contributed by atoms with Crippen LogP contribution in [0, 0.1) is 0 Å². The van der Waals surface area contributed by atoms with Gasteiger partial charge in [0.2, 0.25) is 4.80 Å². The quantitative estimate of drug-likeness (QED) is 0.451. The topological polar surface area (TPSA) is 63.9 Å². The van der Waals surface area contributed by atoms with E-state index < -0.39 is 0 Å². The summed E-state index contributed by atoms with van der Waals surface area (Å²) in [6.45, 7) is 4.11. The van der Waals surface area contributed by atoms with Crippen LogP contribution in [0.15, 0.2) is 64.1 Å². The highest BCUT2D eigenvalue weighted by atomic mass is 32.1. The van der Waals surface area contributed by atoms with E-state index in [1.54, 1.807) is 25.6 Å². The fraction of sp³-hybridized carbons (Fsp3) is 0.217. The minimum atomic E-state index is 0.156. The lowest BCUT2D eigenvalue weighted by molar-refractivity contribution is 0.395. The summed E-state index contributed by atoms with van der Waals surface area (Å²) in [5.74, 6) is 1.46. The van der Waals surface area contributed by atoms with E-state index >= 15 is 0 Å². The Balaban J connectivity index is 1.85. The molecule has 7 heteroatoms. The standard InChI is InChI=1S/C23H24N4O2S/c1-15(2)26-23-27(25-13-16-12-24-20-8-6-5-7-18(16)20)21(14-30-23)19-10-9-17(28-3)11-22(19)29-4/h5-15,24H,1-4H3. The maximum Gasteiger partial charge on any atom is 0.206 e. The van der Waals surface area contributed by atoms with Gasteiger partial charge in [0.05, 0.1) is 26.1 Å². The maximum absolute atomic E-state index is 5.62. The van der Waals surface area contributed by atoms with Crippen LogP contribution in [0.25, 0.3) is 22.2 Å². The lowest BCUT2D eigenvalue weighted by Crippen LogP contribution is -2.14. The van der Waals surface area contributed by atoms with Crippen LogP contribution in [0.1, 0.15) is 19.4 Å². The molecule has 4 aromatic rings. The molecule has 0 aliphatic rings. The van der Waals surface area contributed by atoms with Gasteiger partial charge in [-0.1, -0.05) is 18.2 Å². The molecule has 2 aromatic carbocycles. The molecule has 0 spiro atoms. The van der Waals surface area contributed by atoms with E-state index in [0.717, 1.165) is 44.0 Å². The Hall–Kier alpha value is -3.32. The number of para-hydroxylation sites is 1. The van der Waals surface area contributed by atoms with E-state index in [9.17, 15) is 0 Å². The molecule has 6 nitrogen and oxygen atoms in total. The van der Waals surface area contributed by atoms with Crippen molar-refractivity contribution in [3.05, 3.63) is 64.4 Å². The maximum atomic E-state index is 5.62. The number of H-pyrrole nitrogens is 1. The smallest absolute Gasteiger partial charge is 0.206 e. The second kappa shape index (κ2) is 8.59. The first kappa shape index (κ1) is 20.0. The van der Waals surface area contributed by atoms with Crippen LogP contribution in [0.5, 0.6) is 11.5 Å². The molecule has 0 atom stereocenters. The molecule has 0 aliphatic carbocycles. The second-order valence-electron chi connectivity index (χ2n) is 7.04. The predicted octanol–water partition coefficient (Wildman–Crippen LogP) is 4.91. The number of ether oxygens (including phenoxy) is 2. The number of aromatic amines is 1. The van der Waals surface area contributed by atoms with E-state index in [1.807, 2.05) is 47.4 Å². The normalized spacial score (nSPS) is 12.4. The molecule has 0 fully saturated rings. The first-order valence-corrected chi connectivity index (χ1v) is 10.6. The van der Waals surface area contributed by atoms with Crippen molar-refractivity contribution in [2.45, 2.75) is 19.9 Å². The van der Waals surface area contributed by atoms with Crippen molar-refractivity contribution in [2.75, 3.05) is 14.2 Å². The SMILES string of the molecule is COc1ccc(-c2csc(=NC(C)C)n2N=Cc2c[nH]c3ccccc23)c(OC)c1. The van der Waals surface area contributed by atoms with Crippen LogP contribution in [0.4, 0.5) is 0 Å². The third-order valence-corrected chi connectivity index (χ3v) is 5.50. The zero-order valence-electron chi connectivity index (χ0n) is 17.4. The van der Waals surface area contributed by atoms with Crippen molar-refractivity contribution in [1.82, 2.24) is 9.66 Å². The Morgan fingerprint density at radius 1 is 1.10 bits per heavy atom. The fourth-order valence-electron chi connectivity index (χ4n) is 3.24. The number of nitrogens with zero attached hydrogens (tertiary/aromatic N) is 3. The molecule has 0 radical (unpaired) electrons. The minimum absolute atomic E-state index is 0.156. The number of aromatic nitrogens is 2. The number of methoxy groups -OCH3 is 2. The Kier molecular flexibility index (Phi) is 5.72. The first-order valence-electron chi connectivity index (χ1n) is 9.68. The zero-order valence-corrected chi connectivity index (χ0v) is 18.2. The molecule has 0 unspecified atom stereocenters. The first-order chi connectivity index (χ1) is 14.6. The van der Waals surface area contributed by atoms with E-state index in [0.29, 0.717) is 0 Å². The van der Waals surface area contributed by atoms with E-state index in [-0.39, 0.29) is 6.04 Å². The summed E-state index contributed by atoms with van der Waals surface area (Å²) < 4.78 is 12.8. The van der Waals surface area contributed by atoms with E-state index in [2.05, 4.69) is 36.3 Å². The molecular weight excluding hydrogens is 396 g/mol. The molecule has 0 bridgehead atoms. The van der Waals surface area contributed by atoms with Crippen molar-refractivity contribution in [2.24, 2.45) is 10.1 Å². The molecule has 154 valence electrons. The third-order valence-electron chi connectivity index (χ3n) is 4.67. The van der Waals surface area contributed by atoms with Gasteiger partial charge < -0.3 is 14.5 Å². The van der Waals surface area contributed by atoms with Crippen molar-refractivity contribution in [3.63, 3.8) is 0 Å². The Bertz CT molecular complexity index is 1260. The average molecular weight is 421 g/mol. The molecule has 1 N–H and O–H groups in total. The lowest BCUT2D eigenvalue weighted by atomic mass is 10.1. The highest BCUT2D eigenvalue weighted by Gasteiger charge is 2.14. The molecule has 30 heavy (non-hydrogen) atoms. The van der Waals surface area contributed by atoms with Crippen molar-refractivity contribution in [3.8, 4) is 22.8 Å². The van der Waals surface area contributed by atoms with Crippen LogP contribution in [0.3, 0.4) is 0 Å². The minimum Gasteiger partial charge on any atom is -0.497 e. The van der Waals surface area contributed by atoms with Gasteiger partial charge in [-0.15, -0.1) is 11.3 Å². The van der Waals surface area contributed by atoms with Crippen LogP contribution in [-0.4, -0.2) is 36.1 Å². The summed E-state index contributed by atoms with van der Waals surface area (Å²) in [4.78, 5) is 8.87. The predicted molar refractivity (Wildman–Crippen MR) is 123 cm³/mol. The van der Waals surface area contributed by atoms with Gasteiger partial charge in [-0.25, -0.2) is 4.68 Å². The highest BCUT2D eigenvalue weighted by molar-refractivity contribution is 7.07. The average Bonchev–Trinajstić information content (AvgIpc) is 3.35.